The number of rotatable bonds is 3. The number of nitrogens with one attached hydrogen (secondary N) is 1. The molecule has 2 rings (SSSR count). The van der Waals surface area contributed by atoms with Gasteiger partial charge in [0.1, 0.15) is 0 Å². The lowest BCUT2D eigenvalue weighted by molar-refractivity contribution is 0.0595. The minimum Gasteiger partial charge on any atom is -0.397 e. The largest absolute Gasteiger partial charge is 0.397 e. The Bertz CT molecular complexity index is 308. The van der Waals surface area contributed by atoms with Gasteiger partial charge in [-0.25, -0.2) is 0 Å². The highest BCUT2D eigenvalue weighted by Gasteiger charge is 2.13. The third kappa shape index (κ3) is 2.86. The van der Waals surface area contributed by atoms with Gasteiger partial charge in [-0.1, -0.05) is 12.1 Å². The number of ether oxygens (including phenoxy) is 1. The van der Waals surface area contributed by atoms with Crippen molar-refractivity contribution in [1.82, 2.24) is 0 Å². The summed E-state index contributed by atoms with van der Waals surface area (Å²) < 4.78 is 5.43. The van der Waals surface area contributed by atoms with Crippen LogP contribution in [0.5, 0.6) is 0 Å². The first-order chi connectivity index (χ1) is 7.36. The topological polar surface area (TPSA) is 47.3 Å². The van der Waals surface area contributed by atoms with Gasteiger partial charge in [0.2, 0.25) is 0 Å². The monoisotopic (exact) mass is 206 g/mol. The summed E-state index contributed by atoms with van der Waals surface area (Å²) in [5, 5.41) is 3.38. The van der Waals surface area contributed by atoms with Crippen molar-refractivity contribution < 1.29 is 4.74 Å². The summed E-state index contributed by atoms with van der Waals surface area (Å²) in [7, 11) is 0. The van der Waals surface area contributed by atoms with E-state index in [1.807, 2.05) is 24.3 Å². The summed E-state index contributed by atoms with van der Waals surface area (Å²) in [5.74, 6) is 0.623. The second kappa shape index (κ2) is 5.03. The molecule has 0 radical (unpaired) electrons. The molecule has 1 aromatic rings. The Hall–Kier alpha value is -1.22. The first-order valence-corrected chi connectivity index (χ1v) is 5.52. The Morgan fingerprint density at radius 1 is 1.40 bits per heavy atom. The summed E-state index contributed by atoms with van der Waals surface area (Å²) in [4.78, 5) is 0. The van der Waals surface area contributed by atoms with Crippen LogP contribution in [0, 0.1) is 5.92 Å². The van der Waals surface area contributed by atoms with Crippen LogP contribution in [-0.2, 0) is 4.74 Å². The Balaban J connectivity index is 1.84. The van der Waals surface area contributed by atoms with Crippen molar-refractivity contribution in [2.45, 2.75) is 12.8 Å². The molecule has 0 aromatic heterocycles. The van der Waals surface area contributed by atoms with E-state index in [2.05, 4.69) is 5.32 Å². The fourth-order valence-corrected chi connectivity index (χ4v) is 1.88. The van der Waals surface area contributed by atoms with Crippen LogP contribution < -0.4 is 11.1 Å². The van der Waals surface area contributed by atoms with Gasteiger partial charge in [-0.3, -0.25) is 0 Å². The summed E-state index contributed by atoms with van der Waals surface area (Å²) in [6.07, 6.45) is 2.43. The molecule has 82 valence electrons. The summed E-state index contributed by atoms with van der Waals surface area (Å²) in [6.45, 7) is 2.75. The number of hydrogen-bond acceptors (Lipinski definition) is 3. The average molecular weight is 206 g/mol. The molecule has 0 aliphatic carbocycles. The van der Waals surface area contributed by atoms with Crippen molar-refractivity contribution in [3.8, 4) is 0 Å². The minimum atomic E-state index is 0.623. The van der Waals surface area contributed by atoms with Crippen LogP contribution in [-0.4, -0.2) is 19.8 Å². The van der Waals surface area contributed by atoms with Crippen LogP contribution in [0.15, 0.2) is 24.3 Å². The van der Waals surface area contributed by atoms with Crippen molar-refractivity contribution in [2.75, 3.05) is 30.8 Å². The van der Waals surface area contributed by atoms with Crippen LogP contribution in [0.4, 0.5) is 11.4 Å². The van der Waals surface area contributed by atoms with Gasteiger partial charge in [0, 0.05) is 13.2 Å². The maximum absolute atomic E-state index is 5.84. The van der Waals surface area contributed by atoms with Gasteiger partial charge < -0.3 is 15.8 Å². The van der Waals surface area contributed by atoms with Gasteiger partial charge in [-0.05, 0) is 30.9 Å². The first-order valence-electron chi connectivity index (χ1n) is 5.52. The predicted octanol–water partition coefficient (Wildman–Crippen LogP) is 2.11. The zero-order valence-electron chi connectivity index (χ0n) is 8.91. The molecule has 0 spiro atoms. The van der Waals surface area contributed by atoms with Crippen molar-refractivity contribution >= 4 is 11.4 Å². The van der Waals surface area contributed by atoms with Gasteiger partial charge in [-0.2, -0.15) is 0 Å². The maximum atomic E-state index is 5.84. The van der Waals surface area contributed by atoms with Gasteiger partial charge in [-0.15, -0.1) is 0 Å². The van der Waals surface area contributed by atoms with E-state index in [-0.39, 0.29) is 0 Å². The quantitative estimate of drug-likeness (QED) is 0.745. The van der Waals surface area contributed by atoms with Gasteiger partial charge in [0.15, 0.2) is 0 Å². The predicted molar refractivity (Wildman–Crippen MR) is 62.9 cm³/mol. The van der Waals surface area contributed by atoms with E-state index in [0.717, 1.165) is 31.1 Å². The van der Waals surface area contributed by atoms with Gasteiger partial charge >= 0.3 is 0 Å². The highest BCUT2D eigenvalue weighted by Crippen LogP contribution is 2.19. The molecule has 1 aliphatic heterocycles. The third-order valence-electron chi connectivity index (χ3n) is 2.80. The van der Waals surface area contributed by atoms with Gasteiger partial charge in [0.25, 0.3) is 0 Å². The molecule has 3 nitrogen and oxygen atoms in total. The smallest absolute Gasteiger partial charge is 0.0574 e. The molecule has 0 saturated carbocycles. The standard InChI is InChI=1S/C12H18N2O/c13-11-5-1-2-6-12(11)14-8-10-4-3-7-15-9-10/h1-2,5-6,10,14H,3-4,7-9,13H2. The minimum absolute atomic E-state index is 0.623. The molecule has 0 amide bonds. The van der Waals surface area contributed by atoms with Crippen LogP contribution >= 0.6 is 0 Å². The van der Waals surface area contributed by atoms with E-state index in [4.69, 9.17) is 10.5 Å². The lowest BCUT2D eigenvalue weighted by Crippen LogP contribution is -2.24. The Labute approximate surface area is 90.6 Å². The summed E-state index contributed by atoms with van der Waals surface area (Å²) in [5.41, 5.74) is 7.69. The molecular weight excluding hydrogens is 188 g/mol. The number of benzene rings is 1. The summed E-state index contributed by atoms with van der Waals surface area (Å²) >= 11 is 0. The number of hydrogen-bond donors (Lipinski definition) is 2. The highest BCUT2D eigenvalue weighted by molar-refractivity contribution is 5.65. The molecule has 1 heterocycles. The number of anilines is 2. The zero-order valence-corrected chi connectivity index (χ0v) is 8.91. The Morgan fingerprint density at radius 2 is 2.27 bits per heavy atom. The molecule has 1 aliphatic rings. The molecule has 1 unspecified atom stereocenters. The van der Waals surface area contributed by atoms with E-state index in [0.29, 0.717) is 5.92 Å². The van der Waals surface area contributed by atoms with Crippen LogP contribution in [0.1, 0.15) is 12.8 Å². The molecular formula is C12H18N2O. The second-order valence-corrected chi connectivity index (χ2v) is 4.05. The Morgan fingerprint density at radius 3 is 3.00 bits per heavy atom. The highest BCUT2D eigenvalue weighted by atomic mass is 16.5. The van der Waals surface area contributed by atoms with E-state index in [1.54, 1.807) is 0 Å². The van der Waals surface area contributed by atoms with Gasteiger partial charge in [0.05, 0.1) is 18.0 Å². The van der Waals surface area contributed by atoms with Crippen LogP contribution in [0.25, 0.3) is 0 Å². The maximum Gasteiger partial charge on any atom is 0.0574 e. The molecule has 0 bridgehead atoms. The first kappa shape index (κ1) is 10.3. The Kier molecular flexibility index (Phi) is 3.45. The zero-order chi connectivity index (χ0) is 10.5. The van der Waals surface area contributed by atoms with Crippen LogP contribution in [0.3, 0.4) is 0 Å². The molecule has 1 aromatic carbocycles. The third-order valence-corrected chi connectivity index (χ3v) is 2.80. The number of para-hydroxylation sites is 2. The average Bonchev–Trinajstić information content (AvgIpc) is 2.29. The van der Waals surface area contributed by atoms with Crippen molar-refractivity contribution in [1.29, 1.82) is 0 Å². The number of nitrogen functional groups attached to an aromatic ring is 1. The van der Waals surface area contributed by atoms with E-state index in [9.17, 15) is 0 Å². The van der Waals surface area contributed by atoms with E-state index < -0.39 is 0 Å². The van der Waals surface area contributed by atoms with Crippen molar-refractivity contribution in [2.24, 2.45) is 5.92 Å². The summed E-state index contributed by atoms with van der Waals surface area (Å²) in [6, 6.07) is 7.87. The second-order valence-electron chi connectivity index (χ2n) is 4.05. The molecule has 1 atom stereocenters. The lowest BCUT2D eigenvalue weighted by Gasteiger charge is -2.23. The van der Waals surface area contributed by atoms with Crippen molar-refractivity contribution in [3.05, 3.63) is 24.3 Å². The fraction of sp³-hybridized carbons (Fsp3) is 0.500. The van der Waals surface area contributed by atoms with E-state index >= 15 is 0 Å². The van der Waals surface area contributed by atoms with Crippen molar-refractivity contribution in [3.63, 3.8) is 0 Å². The SMILES string of the molecule is Nc1ccccc1NCC1CCCOC1. The van der Waals surface area contributed by atoms with E-state index in [1.165, 1.54) is 12.8 Å². The number of nitrogens with two attached hydrogens (primary N) is 1. The van der Waals surface area contributed by atoms with Crippen LogP contribution in [0.2, 0.25) is 0 Å². The molecule has 3 heteroatoms. The molecule has 3 N–H and O–H groups in total. The lowest BCUT2D eigenvalue weighted by atomic mass is 10.0. The molecule has 15 heavy (non-hydrogen) atoms. The normalized spacial score (nSPS) is 21.2. The fourth-order valence-electron chi connectivity index (χ4n) is 1.88. The molecule has 1 fully saturated rings. The molecule has 1 saturated heterocycles.